The molecule has 0 fully saturated rings. The number of rotatable bonds is 4. The quantitative estimate of drug-likeness (QED) is 0.466. The van der Waals surface area contributed by atoms with Gasteiger partial charge in [-0.2, -0.15) is 6.08 Å². The monoisotopic (exact) mass is 329 g/mol. The molecule has 0 heterocycles. The summed E-state index contributed by atoms with van der Waals surface area (Å²) in [5.74, 6) is 1.29. The van der Waals surface area contributed by atoms with Crippen molar-refractivity contribution in [3.63, 3.8) is 0 Å². The minimum Gasteiger partial charge on any atom is -1.00 e. The molecule has 0 aromatic heterocycles. The SMILES string of the molecule is CC(C)C(CC1=[C-]CC=C1)c1ccccc1.[Cl-].[Cl-].[Ti+3]. The summed E-state index contributed by atoms with van der Waals surface area (Å²) >= 11 is 0. The molecule has 19 heavy (non-hydrogen) atoms. The van der Waals surface area contributed by atoms with Gasteiger partial charge >= 0.3 is 21.7 Å². The van der Waals surface area contributed by atoms with Crippen LogP contribution in [0, 0.1) is 12.0 Å². The van der Waals surface area contributed by atoms with Crippen molar-refractivity contribution < 1.29 is 46.5 Å². The third-order valence-corrected chi connectivity index (χ3v) is 3.24. The largest absolute Gasteiger partial charge is 3.00 e. The van der Waals surface area contributed by atoms with E-state index in [0.717, 1.165) is 12.8 Å². The molecule has 0 nitrogen and oxygen atoms in total. The van der Waals surface area contributed by atoms with Gasteiger partial charge in [-0.1, -0.05) is 50.6 Å². The Bertz CT molecular complexity index is 396. The Hall–Kier alpha value is -0.00571. The van der Waals surface area contributed by atoms with Crippen molar-refractivity contribution in [2.24, 2.45) is 5.92 Å². The van der Waals surface area contributed by atoms with Gasteiger partial charge in [-0.15, -0.1) is 6.42 Å². The van der Waals surface area contributed by atoms with Crippen molar-refractivity contribution in [2.45, 2.75) is 32.6 Å². The molecule has 1 unspecified atom stereocenters. The molecule has 0 amide bonds. The fourth-order valence-electron chi connectivity index (χ4n) is 2.27. The van der Waals surface area contributed by atoms with Gasteiger partial charge in [-0.3, -0.25) is 6.08 Å². The van der Waals surface area contributed by atoms with Crippen molar-refractivity contribution >= 4 is 0 Å². The smallest absolute Gasteiger partial charge is 1.00 e. The Morgan fingerprint density at radius 3 is 2.21 bits per heavy atom. The van der Waals surface area contributed by atoms with E-state index in [-0.39, 0.29) is 46.5 Å². The topological polar surface area (TPSA) is 0 Å². The first-order valence-corrected chi connectivity index (χ1v) is 6.08. The standard InChI is InChI=1S/C16H19.2ClH.Ti/c1-13(2)16(12-14-8-6-7-9-14)15-10-4-3-5-11-15;;;/h3-6,8,10-11,13,16H,7,12H2,1-2H3;2*1H;/q-1;;;+3/p-2. The molecule has 1 aliphatic rings. The van der Waals surface area contributed by atoms with E-state index in [1.54, 1.807) is 0 Å². The Kier molecular flexibility index (Phi) is 12.0. The van der Waals surface area contributed by atoms with Crippen molar-refractivity contribution in [1.29, 1.82) is 0 Å². The molecular weight excluding hydrogens is 311 g/mol. The number of benzene rings is 1. The van der Waals surface area contributed by atoms with E-state index in [9.17, 15) is 0 Å². The fraction of sp³-hybridized carbons (Fsp3) is 0.375. The molecule has 2 rings (SSSR count). The second kappa shape index (κ2) is 10.7. The molecule has 0 saturated heterocycles. The molecule has 1 atom stereocenters. The van der Waals surface area contributed by atoms with Crippen molar-refractivity contribution in [3.8, 4) is 0 Å². The zero-order valence-electron chi connectivity index (χ0n) is 11.4. The van der Waals surface area contributed by atoms with Crippen LogP contribution in [0.4, 0.5) is 0 Å². The Morgan fingerprint density at radius 1 is 1.11 bits per heavy atom. The molecule has 1 radical (unpaired) electrons. The summed E-state index contributed by atoms with van der Waals surface area (Å²) in [4.78, 5) is 0. The van der Waals surface area contributed by atoms with E-state index in [1.165, 1.54) is 11.1 Å². The number of hydrogen-bond acceptors (Lipinski definition) is 0. The summed E-state index contributed by atoms with van der Waals surface area (Å²) in [5.41, 5.74) is 2.83. The summed E-state index contributed by atoms with van der Waals surface area (Å²) in [5, 5.41) is 0. The molecule has 0 N–H and O–H groups in total. The maximum Gasteiger partial charge on any atom is 3.00 e. The van der Waals surface area contributed by atoms with Gasteiger partial charge < -0.3 is 24.8 Å². The van der Waals surface area contributed by atoms with E-state index in [1.807, 2.05) is 0 Å². The van der Waals surface area contributed by atoms with Gasteiger partial charge in [0.05, 0.1) is 0 Å². The zero-order chi connectivity index (χ0) is 11.4. The van der Waals surface area contributed by atoms with Crippen LogP contribution in [0.3, 0.4) is 0 Å². The third kappa shape index (κ3) is 6.32. The second-order valence-corrected chi connectivity index (χ2v) is 4.77. The van der Waals surface area contributed by atoms with E-state index >= 15 is 0 Å². The van der Waals surface area contributed by atoms with Crippen molar-refractivity contribution in [1.82, 2.24) is 0 Å². The predicted molar refractivity (Wildman–Crippen MR) is 69.2 cm³/mol. The molecule has 0 bridgehead atoms. The van der Waals surface area contributed by atoms with Crippen LogP contribution in [-0.2, 0) is 21.7 Å². The van der Waals surface area contributed by atoms with E-state index in [0.29, 0.717) is 11.8 Å². The first kappa shape index (κ1) is 21.3. The van der Waals surface area contributed by atoms with Crippen molar-refractivity contribution in [3.05, 3.63) is 59.7 Å². The number of hydrogen-bond donors (Lipinski definition) is 0. The Morgan fingerprint density at radius 2 is 1.74 bits per heavy atom. The summed E-state index contributed by atoms with van der Waals surface area (Å²) in [6, 6.07) is 10.8. The molecule has 3 heteroatoms. The number of allylic oxidation sites excluding steroid dienone is 4. The van der Waals surface area contributed by atoms with Gasteiger partial charge in [0.25, 0.3) is 0 Å². The molecule has 1 aliphatic carbocycles. The summed E-state index contributed by atoms with van der Waals surface area (Å²) < 4.78 is 0. The zero-order valence-corrected chi connectivity index (χ0v) is 14.4. The maximum absolute atomic E-state index is 3.42. The Balaban J connectivity index is 0. The summed E-state index contributed by atoms with van der Waals surface area (Å²) in [6.07, 6.45) is 9.95. The molecule has 1 aromatic carbocycles. The van der Waals surface area contributed by atoms with Gasteiger partial charge in [0, 0.05) is 0 Å². The van der Waals surface area contributed by atoms with Crippen LogP contribution in [-0.4, -0.2) is 0 Å². The third-order valence-electron chi connectivity index (χ3n) is 3.24. The Labute approximate surface area is 144 Å². The van der Waals surface area contributed by atoms with Gasteiger partial charge in [-0.25, -0.2) is 11.6 Å². The first-order valence-electron chi connectivity index (χ1n) is 6.08. The van der Waals surface area contributed by atoms with E-state index in [2.05, 4.69) is 62.4 Å². The minimum absolute atomic E-state index is 0. The predicted octanol–water partition coefficient (Wildman–Crippen LogP) is -1.49. The molecule has 101 valence electrons. The summed E-state index contributed by atoms with van der Waals surface area (Å²) in [6.45, 7) is 4.60. The van der Waals surface area contributed by atoms with Crippen LogP contribution in [0.5, 0.6) is 0 Å². The summed E-state index contributed by atoms with van der Waals surface area (Å²) in [7, 11) is 0. The van der Waals surface area contributed by atoms with Crippen LogP contribution in [0.2, 0.25) is 0 Å². The maximum atomic E-state index is 3.42. The van der Waals surface area contributed by atoms with Crippen LogP contribution in [0.1, 0.15) is 38.2 Å². The van der Waals surface area contributed by atoms with Crippen LogP contribution >= 0.6 is 0 Å². The normalized spacial score (nSPS) is 13.9. The van der Waals surface area contributed by atoms with E-state index < -0.39 is 0 Å². The van der Waals surface area contributed by atoms with Gasteiger partial charge in [0.2, 0.25) is 0 Å². The van der Waals surface area contributed by atoms with Crippen molar-refractivity contribution in [2.75, 3.05) is 0 Å². The van der Waals surface area contributed by atoms with Crippen LogP contribution in [0.15, 0.2) is 48.1 Å². The molecule has 0 spiro atoms. The number of halogens is 2. The van der Waals surface area contributed by atoms with Gasteiger partial charge in [-0.05, 0) is 17.4 Å². The van der Waals surface area contributed by atoms with E-state index in [4.69, 9.17) is 0 Å². The van der Waals surface area contributed by atoms with Crippen LogP contribution in [0.25, 0.3) is 0 Å². The molecule has 0 aliphatic heterocycles. The van der Waals surface area contributed by atoms with Gasteiger partial charge in [0.1, 0.15) is 0 Å². The average molecular weight is 330 g/mol. The first-order chi connectivity index (χ1) is 7.77. The van der Waals surface area contributed by atoms with Gasteiger partial charge in [0.15, 0.2) is 0 Å². The average Bonchev–Trinajstić information content (AvgIpc) is 2.79. The molecule has 0 saturated carbocycles. The second-order valence-electron chi connectivity index (χ2n) is 4.77. The molecule has 1 aromatic rings. The fourth-order valence-corrected chi connectivity index (χ4v) is 2.27. The van der Waals surface area contributed by atoms with Crippen LogP contribution < -0.4 is 24.8 Å². The minimum atomic E-state index is 0. The molecular formula is C16H19Cl2Ti.